The lowest BCUT2D eigenvalue weighted by atomic mass is 10.1. The Labute approximate surface area is 170 Å². The molecule has 1 aliphatic rings. The third-order valence-electron chi connectivity index (χ3n) is 4.98. The fourth-order valence-electron chi connectivity index (χ4n) is 3.19. The maximum Gasteiger partial charge on any atom is 0.308 e. The van der Waals surface area contributed by atoms with E-state index in [1.807, 2.05) is 30.9 Å². The maximum atomic E-state index is 12.7. The van der Waals surface area contributed by atoms with Gasteiger partial charge in [-0.05, 0) is 45.6 Å². The molecule has 0 bridgehead atoms. The van der Waals surface area contributed by atoms with Crippen molar-refractivity contribution in [1.29, 1.82) is 0 Å². The Bertz CT molecular complexity index is 769. The summed E-state index contributed by atoms with van der Waals surface area (Å²) in [6, 6.07) is 5.91. The topological polar surface area (TPSA) is 66.9 Å². The van der Waals surface area contributed by atoms with Crippen molar-refractivity contribution in [2.75, 3.05) is 23.7 Å². The molecule has 0 spiro atoms. The number of hydrogen-bond donors (Lipinski definition) is 0. The van der Waals surface area contributed by atoms with E-state index in [1.54, 1.807) is 13.0 Å². The molecule has 0 atom stereocenters. The molecule has 1 aliphatic carbocycles. The van der Waals surface area contributed by atoms with E-state index < -0.39 is 10.1 Å². The number of carbonyl (C=O) groups is 1. The van der Waals surface area contributed by atoms with Crippen LogP contribution in [0.5, 0.6) is 5.75 Å². The van der Waals surface area contributed by atoms with Gasteiger partial charge in [-0.25, -0.2) is 0 Å². The van der Waals surface area contributed by atoms with Gasteiger partial charge in [0.1, 0.15) is 5.75 Å². The summed E-state index contributed by atoms with van der Waals surface area (Å²) in [6.07, 6.45) is 2.51. The van der Waals surface area contributed by atoms with Gasteiger partial charge in [0, 0.05) is 49.4 Å². The smallest absolute Gasteiger partial charge is 0.308 e. The van der Waals surface area contributed by atoms with Crippen LogP contribution in [0.15, 0.2) is 18.2 Å². The average molecular weight is 411 g/mol. The van der Waals surface area contributed by atoms with Crippen LogP contribution in [-0.4, -0.2) is 44.1 Å². The molecule has 0 aromatic heterocycles. The zero-order valence-corrected chi connectivity index (χ0v) is 18.6. The first-order valence-corrected chi connectivity index (χ1v) is 11.9. The van der Waals surface area contributed by atoms with Crippen LogP contribution in [-0.2, 0) is 21.5 Å². The second kappa shape index (κ2) is 9.63. The van der Waals surface area contributed by atoms with E-state index in [2.05, 4.69) is 18.7 Å². The van der Waals surface area contributed by atoms with Crippen molar-refractivity contribution in [2.45, 2.75) is 66.5 Å². The number of benzene rings is 1. The Morgan fingerprint density at radius 2 is 1.82 bits per heavy atom. The molecule has 1 saturated carbocycles. The Morgan fingerprint density at radius 1 is 1.18 bits per heavy atom. The number of hydrogen-bond acceptors (Lipinski definition) is 5. The fourth-order valence-corrected chi connectivity index (χ4v) is 3.74. The first-order valence-electron chi connectivity index (χ1n) is 10.3. The van der Waals surface area contributed by atoms with Crippen LogP contribution in [0.1, 0.15) is 59.4 Å². The highest BCUT2D eigenvalue weighted by Gasteiger charge is 2.33. The van der Waals surface area contributed by atoms with Crippen LogP contribution in [0.3, 0.4) is 0 Å². The van der Waals surface area contributed by atoms with Crippen molar-refractivity contribution >= 4 is 21.7 Å². The number of rotatable bonds is 11. The first kappa shape index (κ1) is 22.5. The van der Waals surface area contributed by atoms with Gasteiger partial charge in [-0.3, -0.25) is 4.79 Å². The fraction of sp³-hybridized carbons (Fsp3) is 0.667. The molecule has 1 aromatic rings. The summed E-state index contributed by atoms with van der Waals surface area (Å²) < 4.78 is 29.7. The first-order chi connectivity index (χ1) is 13.2. The summed E-state index contributed by atoms with van der Waals surface area (Å²) in [5.41, 5.74) is 1.65. The predicted octanol–water partition coefficient (Wildman–Crippen LogP) is 3.80. The second-order valence-corrected chi connectivity index (χ2v) is 9.60. The van der Waals surface area contributed by atoms with E-state index in [1.165, 1.54) is 0 Å². The molecule has 0 unspecified atom stereocenters. The highest BCUT2D eigenvalue weighted by Crippen LogP contribution is 2.33. The SMILES string of the molecule is CCN(CC)c1ccc(CN(C(=O)CC(C)C)C2CC2)c(OS(=O)(=O)CC)c1. The normalized spacial score (nSPS) is 14.2. The quantitative estimate of drug-likeness (QED) is 0.519. The van der Waals surface area contributed by atoms with Crippen molar-refractivity contribution in [3.05, 3.63) is 23.8 Å². The standard InChI is InChI=1S/C21H34N2O4S/c1-6-22(7-2)19-10-9-17(20(14-19)27-28(25,26)8-3)15-23(18-11-12-18)21(24)13-16(4)5/h9-10,14,16,18H,6-8,11-13,15H2,1-5H3. The van der Waals surface area contributed by atoms with Gasteiger partial charge < -0.3 is 14.0 Å². The van der Waals surface area contributed by atoms with E-state index in [4.69, 9.17) is 4.18 Å². The molecular weight excluding hydrogens is 376 g/mol. The lowest BCUT2D eigenvalue weighted by Crippen LogP contribution is -2.33. The summed E-state index contributed by atoms with van der Waals surface area (Å²) in [5, 5.41) is 0. The Kier molecular flexibility index (Phi) is 7.75. The number of amides is 1. The Morgan fingerprint density at radius 3 is 2.32 bits per heavy atom. The zero-order valence-electron chi connectivity index (χ0n) is 17.8. The largest absolute Gasteiger partial charge is 0.382 e. The molecule has 6 nitrogen and oxygen atoms in total. The lowest BCUT2D eigenvalue weighted by Gasteiger charge is -2.26. The van der Waals surface area contributed by atoms with Crippen molar-refractivity contribution < 1.29 is 17.4 Å². The van der Waals surface area contributed by atoms with E-state index >= 15 is 0 Å². The van der Waals surface area contributed by atoms with Crippen LogP contribution in [0.4, 0.5) is 5.69 Å². The van der Waals surface area contributed by atoms with E-state index in [9.17, 15) is 13.2 Å². The van der Waals surface area contributed by atoms with E-state index in [0.29, 0.717) is 18.7 Å². The van der Waals surface area contributed by atoms with Crippen molar-refractivity contribution in [3.8, 4) is 5.75 Å². The van der Waals surface area contributed by atoms with Gasteiger partial charge in [0.25, 0.3) is 0 Å². The van der Waals surface area contributed by atoms with Crippen LogP contribution in [0.25, 0.3) is 0 Å². The molecule has 2 rings (SSSR count). The molecule has 28 heavy (non-hydrogen) atoms. The van der Waals surface area contributed by atoms with Gasteiger partial charge in [0.05, 0.1) is 5.75 Å². The number of nitrogens with zero attached hydrogens (tertiary/aromatic N) is 2. The van der Waals surface area contributed by atoms with Crippen molar-refractivity contribution in [3.63, 3.8) is 0 Å². The van der Waals surface area contributed by atoms with Gasteiger partial charge in [0.15, 0.2) is 0 Å². The maximum absolute atomic E-state index is 12.7. The van der Waals surface area contributed by atoms with Crippen molar-refractivity contribution in [2.24, 2.45) is 5.92 Å². The summed E-state index contributed by atoms with van der Waals surface area (Å²) >= 11 is 0. The second-order valence-electron chi connectivity index (χ2n) is 7.74. The molecule has 0 radical (unpaired) electrons. The molecule has 1 amide bonds. The monoisotopic (exact) mass is 410 g/mol. The molecule has 1 aromatic carbocycles. The molecule has 7 heteroatoms. The van der Waals surface area contributed by atoms with Crippen LogP contribution in [0.2, 0.25) is 0 Å². The number of anilines is 1. The zero-order chi connectivity index (χ0) is 20.9. The average Bonchev–Trinajstić information content (AvgIpc) is 3.46. The minimum atomic E-state index is -3.65. The van der Waals surface area contributed by atoms with Gasteiger partial charge in [0.2, 0.25) is 5.91 Å². The third-order valence-corrected chi connectivity index (χ3v) is 6.12. The van der Waals surface area contributed by atoms with Crippen molar-refractivity contribution in [1.82, 2.24) is 4.90 Å². The van der Waals surface area contributed by atoms with Gasteiger partial charge in [-0.15, -0.1) is 0 Å². The summed E-state index contributed by atoms with van der Waals surface area (Å²) in [6.45, 7) is 11.7. The van der Waals surface area contributed by atoms with Gasteiger partial charge in [-0.1, -0.05) is 19.9 Å². The third kappa shape index (κ3) is 6.12. The van der Waals surface area contributed by atoms with E-state index in [-0.39, 0.29) is 23.6 Å². The summed E-state index contributed by atoms with van der Waals surface area (Å²) in [5.74, 6) is 0.638. The highest BCUT2D eigenvalue weighted by molar-refractivity contribution is 7.87. The van der Waals surface area contributed by atoms with Crippen LogP contribution >= 0.6 is 0 Å². The Hall–Kier alpha value is -1.76. The predicted molar refractivity (Wildman–Crippen MR) is 113 cm³/mol. The van der Waals surface area contributed by atoms with Gasteiger partial charge in [-0.2, -0.15) is 8.42 Å². The number of carbonyl (C=O) groups excluding carboxylic acids is 1. The van der Waals surface area contributed by atoms with Crippen LogP contribution in [0, 0.1) is 5.92 Å². The van der Waals surface area contributed by atoms with Crippen LogP contribution < -0.4 is 9.08 Å². The minimum absolute atomic E-state index is 0.0967. The highest BCUT2D eigenvalue weighted by atomic mass is 32.2. The molecule has 0 heterocycles. The molecule has 0 aliphatic heterocycles. The summed E-state index contributed by atoms with van der Waals surface area (Å²) in [4.78, 5) is 16.7. The molecule has 0 saturated heterocycles. The lowest BCUT2D eigenvalue weighted by molar-refractivity contribution is -0.133. The minimum Gasteiger partial charge on any atom is -0.382 e. The molecule has 1 fully saturated rings. The van der Waals surface area contributed by atoms with Gasteiger partial charge >= 0.3 is 10.1 Å². The molecule has 158 valence electrons. The summed E-state index contributed by atoms with van der Waals surface area (Å²) in [7, 11) is -3.65. The molecular formula is C21H34N2O4S. The Balaban J connectivity index is 2.36. The molecule has 0 N–H and O–H groups in total. The van der Waals surface area contributed by atoms with E-state index in [0.717, 1.165) is 37.2 Å².